The van der Waals surface area contributed by atoms with E-state index < -0.39 is 10.0 Å². The number of hydrogen-bond acceptors (Lipinski definition) is 4. The average molecular weight is 280 g/mol. The second-order valence-electron chi connectivity index (χ2n) is 4.78. The fourth-order valence-electron chi connectivity index (χ4n) is 2.29. The highest BCUT2D eigenvalue weighted by molar-refractivity contribution is 7.89. The zero-order valence-corrected chi connectivity index (χ0v) is 11.4. The lowest BCUT2D eigenvalue weighted by Crippen LogP contribution is -2.51. The van der Waals surface area contributed by atoms with Crippen molar-refractivity contribution in [2.45, 2.75) is 18.1 Å². The molecule has 2 N–H and O–H groups in total. The Morgan fingerprint density at radius 1 is 1.37 bits per heavy atom. The molecule has 1 unspecified atom stereocenters. The van der Waals surface area contributed by atoms with Gasteiger partial charge in [0.25, 0.3) is 10.0 Å². The van der Waals surface area contributed by atoms with Crippen molar-refractivity contribution in [1.29, 1.82) is 0 Å². The number of sulfonamides is 1. The monoisotopic (exact) mass is 280 g/mol. The van der Waals surface area contributed by atoms with Crippen molar-refractivity contribution < 1.29 is 8.42 Å². The summed E-state index contributed by atoms with van der Waals surface area (Å²) in [4.78, 5) is 7.07. The van der Waals surface area contributed by atoms with Gasteiger partial charge in [0, 0.05) is 25.7 Å². The van der Waals surface area contributed by atoms with E-state index in [4.69, 9.17) is 0 Å². The summed E-state index contributed by atoms with van der Waals surface area (Å²) in [6, 6.07) is 7.47. The Kier molecular flexibility index (Phi) is 3.04. The number of para-hydroxylation sites is 2. The quantitative estimate of drug-likeness (QED) is 0.842. The molecule has 1 aliphatic heterocycles. The van der Waals surface area contributed by atoms with E-state index in [1.807, 2.05) is 25.1 Å². The topological polar surface area (TPSA) is 78.1 Å². The van der Waals surface area contributed by atoms with Crippen LogP contribution >= 0.6 is 0 Å². The number of rotatable bonds is 2. The van der Waals surface area contributed by atoms with E-state index in [2.05, 4.69) is 15.3 Å². The van der Waals surface area contributed by atoms with Gasteiger partial charge in [-0.15, -0.1) is 0 Å². The molecule has 6 nitrogen and oxygen atoms in total. The maximum atomic E-state index is 12.5. The highest BCUT2D eigenvalue weighted by Crippen LogP contribution is 2.18. The van der Waals surface area contributed by atoms with Crippen LogP contribution in [-0.2, 0) is 10.0 Å². The fraction of sp³-hybridized carbons (Fsp3) is 0.417. The Labute approximate surface area is 111 Å². The van der Waals surface area contributed by atoms with Crippen molar-refractivity contribution in [2.75, 3.05) is 19.6 Å². The summed E-state index contributed by atoms with van der Waals surface area (Å²) in [5.41, 5.74) is 1.41. The minimum absolute atomic E-state index is 0.0304. The van der Waals surface area contributed by atoms with Gasteiger partial charge in [-0.1, -0.05) is 12.1 Å². The number of benzene rings is 1. The normalized spacial score (nSPS) is 21.8. The number of piperazine rings is 1. The standard InChI is InChI=1S/C12H16N4O2S/c1-9-8-16(7-6-13-9)19(17,18)12-14-10-4-2-3-5-11(10)15-12/h2-5,9,13H,6-8H2,1H3,(H,14,15). The molecule has 1 aliphatic rings. The second-order valence-corrected chi connectivity index (χ2v) is 6.63. The highest BCUT2D eigenvalue weighted by Gasteiger charge is 2.30. The predicted octanol–water partition coefficient (Wildman–Crippen LogP) is 0.545. The first kappa shape index (κ1) is 12.6. The highest BCUT2D eigenvalue weighted by atomic mass is 32.2. The first-order chi connectivity index (χ1) is 9.07. The molecule has 0 spiro atoms. The molecular formula is C12H16N4O2S. The summed E-state index contributed by atoms with van der Waals surface area (Å²) in [7, 11) is -3.53. The van der Waals surface area contributed by atoms with Crippen molar-refractivity contribution >= 4 is 21.1 Å². The fourth-order valence-corrected chi connectivity index (χ4v) is 3.74. The molecule has 7 heteroatoms. The van der Waals surface area contributed by atoms with Crippen molar-refractivity contribution in [1.82, 2.24) is 19.6 Å². The molecule has 0 radical (unpaired) electrons. The van der Waals surface area contributed by atoms with Crippen LogP contribution in [0.25, 0.3) is 11.0 Å². The summed E-state index contributed by atoms with van der Waals surface area (Å²) in [5.74, 6) is 0. The molecule has 1 aromatic carbocycles. The molecule has 102 valence electrons. The van der Waals surface area contributed by atoms with Gasteiger partial charge in [-0.2, -0.15) is 4.31 Å². The maximum Gasteiger partial charge on any atom is 0.276 e. The van der Waals surface area contributed by atoms with Gasteiger partial charge in [-0.25, -0.2) is 13.4 Å². The molecule has 19 heavy (non-hydrogen) atoms. The molecule has 2 aromatic rings. The Hall–Kier alpha value is -1.44. The van der Waals surface area contributed by atoms with E-state index in [0.717, 1.165) is 5.52 Å². The van der Waals surface area contributed by atoms with Crippen LogP contribution in [0.5, 0.6) is 0 Å². The van der Waals surface area contributed by atoms with Gasteiger partial charge in [0.15, 0.2) is 0 Å². The van der Waals surface area contributed by atoms with Crippen molar-refractivity contribution in [3.8, 4) is 0 Å². The van der Waals surface area contributed by atoms with Crippen LogP contribution in [0.2, 0.25) is 0 Å². The summed E-state index contributed by atoms with van der Waals surface area (Å²) < 4.78 is 26.5. The first-order valence-corrected chi connectivity index (χ1v) is 7.69. The molecule has 1 atom stereocenters. The van der Waals surface area contributed by atoms with Gasteiger partial charge in [0.2, 0.25) is 5.16 Å². The number of aromatic amines is 1. The van der Waals surface area contributed by atoms with E-state index >= 15 is 0 Å². The Morgan fingerprint density at radius 2 is 2.16 bits per heavy atom. The van der Waals surface area contributed by atoms with Crippen molar-refractivity contribution in [2.24, 2.45) is 0 Å². The second kappa shape index (κ2) is 4.59. The van der Waals surface area contributed by atoms with E-state index in [0.29, 0.717) is 25.2 Å². The maximum absolute atomic E-state index is 12.5. The van der Waals surface area contributed by atoms with Gasteiger partial charge in [0.1, 0.15) is 0 Å². The molecule has 0 bridgehead atoms. The lowest BCUT2D eigenvalue weighted by Gasteiger charge is -2.30. The largest absolute Gasteiger partial charge is 0.328 e. The molecule has 1 fully saturated rings. The molecule has 3 rings (SSSR count). The van der Waals surface area contributed by atoms with Crippen LogP contribution in [0.3, 0.4) is 0 Å². The van der Waals surface area contributed by atoms with Crippen LogP contribution in [-0.4, -0.2) is 48.4 Å². The number of nitrogens with zero attached hydrogens (tertiary/aromatic N) is 2. The number of nitrogens with one attached hydrogen (secondary N) is 2. The van der Waals surface area contributed by atoms with Crippen LogP contribution in [0.4, 0.5) is 0 Å². The van der Waals surface area contributed by atoms with E-state index in [9.17, 15) is 8.42 Å². The number of H-pyrrole nitrogens is 1. The molecule has 2 heterocycles. The number of imidazole rings is 1. The van der Waals surface area contributed by atoms with Crippen LogP contribution in [0.15, 0.2) is 29.4 Å². The minimum atomic E-state index is -3.53. The van der Waals surface area contributed by atoms with Gasteiger partial charge < -0.3 is 10.3 Å². The van der Waals surface area contributed by atoms with Gasteiger partial charge in [-0.05, 0) is 19.1 Å². The van der Waals surface area contributed by atoms with Crippen LogP contribution in [0.1, 0.15) is 6.92 Å². The van der Waals surface area contributed by atoms with Gasteiger partial charge in [-0.3, -0.25) is 0 Å². The lowest BCUT2D eigenvalue weighted by molar-refractivity contribution is 0.308. The zero-order valence-electron chi connectivity index (χ0n) is 10.6. The third-order valence-corrected chi connectivity index (χ3v) is 4.98. The number of aromatic nitrogens is 2. The van der Waals surface area contributed by atoms with Crippen LogP contribution < -0.4 is 5.32 Å². The smallest absolute Gasteiger partial charge is 0.276 e. The molecule has 0 amide bonds. The SMILES string of the molecule is CC1CN(S(=O)(=O)c2nc3ccccc3[nH]2)CCN1. The third-order valence-electron chi connectivity index (χ3n) is 3.28. The Morgan fingerprint density at radius 3 is 2.89 bits per heavy atom. The summed E-state index contributed by atoms with van der Waals surface area (Å²) in [5, 5.41) is 3.26. The average Bonchev–Trinajstić information content (AvgIpc) is 2.83. The molecule has 0 aliphatic carbocycles. The van der Waals surface area contributed by atoms with Crippen molar-refractivity contribution in [3.63, 3.8) is 0 Å². The number of fused-ring (bicyclic) bond motifs is 1. The molecule has 1 aromatic heterocycles. The van der Waals surface area contributed by atoms with Crippen LogP contribution in [0, 0.1) is 0 Å². The predicted molar refractivity (Wildman–Crippen MR) is 72.3 cm³/mol. The van der Waals surface area contributed by atoms with E-state index in [1.165, 1.54) is 4.31 Å². The Bertz CT molecular complexity index is 662. The molecule has 0 saturated carbocycles. The zero-order chi connectivity index (χ0) is 13.5. The number of hydrogen-bond donors (Lipinski definition) is 2. The van der Waals surface area contributed by atoms with Crippen molar-refractivity contribution in [3.05, 3.63) is 24.3 Å². The van der Waals surface area contributed by atoms with E-state index in [1.54, 1.807) is 6.07 Å². The van der Waals surface area contributed by atoms with Gasteiger partial charge in [0.05, 0.1) is 11.0 Å². The summed E-state index contributed by atoms with van der Waals surface area (Å²) in [6.45, 7) is 3.59. The van der Waals surface area contributed by atoms with Gasteiger partial charge >= 0.3 is 0 Å². The molecule has 1 saturated heterocycles. The minimum Gasteiger partial charge on any atom is -0.328 e. The summed E-state index contributed by atoms with van der Waals surface area (Å²) >= 11 is 0. The van der Waals surface area contributed by atoms with E-state index in [-0.39, 0.29) is 11.2 Å². The lowest BCUT2D eigenvalue weighted by atomic mass is 10.3. The summed E-state index contributed by atoms with van der Waals surface area (Å²) in [6.07, 6.45) is 0. The Balaban J connectivity index is 1.99. The third kappa shape index (κ3) is 2.24. The first-order valence-electron chi connectivity index (χ1n) is 6.25. The molecular weight excluding hydrogens is 264 g/mol.